The van der Waals surface area contributed by atoms with Crippen molar-refractivity contribution in [2.45, 2.75) is 44.8 Å². The quantitative estimate of drug-likeness (QED) is 0.779. The second kappa shape index (κ2) is 6.71. The molecule has 1 aliphatic heterocycles. The Morgan fingerprint density at radius 3 is 2.88 bits per heavy atom. The minimum absolute atomic E-state index is 0.137. The number of pyridine rings is 1. The van der Waals surface area contributed by atoms with E-state index in [9.17, 15) is 9.59 Å². The van der Waals surface area contributed by atoms with Gasteiger partial charge in [0.05, 0.1) is 17.8 Å². The predicted molar refractivity (Wildman–Crippen MR) is 94.8 cm³/mol. The van der Waals surface area contributed by atoms with E-state index in [0.717, 1.165) is 12.8 Å². The normalized spacial score (nSPS) is 24.0. The van der Waals surface area contributed by atoms with E-state index in [2.05, 4.69) is 10.3 Å². The monoisotopic (exact) mass is 366 g/mol. The first-order valence-electron chi connectivity index (χ1n) is 8.47. The van der Waals surface area contributed by atoms with Crippen LogP contribution >= 0.6 is 11.6 Å². The molecule has 1 saturated carbocycles. The van der Waals surface area contributed by atoms with Gasteiger partial charge in [-0.15, -0.1) is 0 Å². The maximum Gasteiger partial charge on any atom is 0.405 e. The van der Waals surface area contributed by atoms with Gasteiger partial charge in [-0.05, 0) is 38.7 Å². The molecule has 1 aliphatic carbocycles. The average molecular weight is 367 g/mol. The Labute approximate surface area is 151 Å². The third kappa shape index (κ3) is 4.15. The summed E-state index contributed by atoms with van der Waals surface area (Å²) in [5, 5.41) is 3.35. The Morgan fingerprint density at radius 2 is 2.24 bits per heavy atom. The number of halogens is 1. The number of carbonyl (C=O) groups is 2. The zero-order chi connectivity index (χ0) is 18.2. The van der Waals surface area contributed by atoms with Crippen molar-refractivity contribution in [1.82, 2.24) is 10.3 Å². The summed E-state index contributed by atoms with van der Waals surface area (Å²) in [4.78, 5) is 29.8. The van der Waals surface area contributed by atoms with Crippen molar-refractivity contribution in [3.05, 3.63) is 23.0 Å². The highest BCUT2D eigenvalue weighted by Crippen LogP contribution is 2.34. The molecule has 0 spiro atoms. The molecule has 0 unspecified atom stereocenters. The summed E-state index contributed by atoms with van der Waals surface area (Å²) in [5.74, 6) is 0.398. The standard InChI is InChI=1S/C17H23ClN4O3/c1-10(11-3-4-11)21-15(23)12-8-20-14(18)7-13(12)22-6-5-17(2,9-22)25-16(19)24/h7-8,10-11H,3-6,9H2,1-2H3,(H2,19,24)(H,21,23)/t10-,17-/m0/s1. The van der Waals surface area contributed by atoms with Crippen LogP contribution in [0.4, 0.5) is 10.5 Å². The molecule has 0 radical (unpaired) electrons. The van der Waals surface area contributed by atoms with Gasteiger partial charge in [0.2, 0.25) is 0 Å². The fraction of sp³-hybridized carbons (Fsp3) is 0.588. The Bertz CT molecular complexity index is 694. The van der Waals surface area contributed by atoms with Crippen molar-refractivity contribution in [3.63, 3.8) is 0 Å². The molecule has 2 atom stereocenters. The SMILES string of the molecule is C[C@H](NC(=O)c1cnc(Cl)cc1N1CC[C@](C)(OC(N)=O)C1)C1CC1. The Balaban J connectivity index is 1.80. The van der Waals surface area contributed by atoms with Gasteiger partial charge < -0.3 is 20.7 Å². The van der Waals surface area contributed by atoms with Gasteiger partial charge in [0, 0.05) is 25.2 Å². The van der Waals surface area contributed by atoms with E-state index in [1.807, 2.05) is 18.7 Å². The number of aromatic nitrogens is 1. The first kappa shape index (κ1) is 17.8. The highest BCUT2D eigenvalue weighted by Gasteiger charge is 2.38. The minimum atomic E-state index is -0.798. The van der Waals surface area contributed by atoms with Gasteiger partial charge in [-0.25, -0.2) is 9.78 Å². The number of rotatable bonds is 5. The number of nitrogens with one attached hydrogen (secondary N) is 1. The van der Waals surface area contributed by atoms with Crippen molar-refractivity contribution in [2.24, 2.45) is 11.7 Å². The van der Waals surface area contributed by atoms with Gasteiger partial charge in [-0.2, -0.15) is 0 Å². The van der Waals surface area contributed by atoms with Gasteiger partial charge in [-0.1, -0.05) is 11.6 Å². The van der Waals surface area contributed by atoms with Crippen LogP contribution in [0.2, 0.25) is 5.15 Å². The number of hydrogen-bond donors (Lipinski definition) is 2. The molecule has 136 valence electrons. The molecule has 25 heavy (non-hydrogen) atoms. The van der Waals surface area contributed by atoms with Crippen LogP contribution in [0.3, 0.4) is 0 Å². The molecule has 2 aliphatic rings. The smallest absolute Gasteiger partial charge is 0.405 e. The summed E-state index contributed by atoms with van der Waals surface area (Å²) < 4.78 is 5.23. The topological polar surface area (TPSA) is 97.6 Å². The first-order chi connectivity index (χ1) is 11.8. The van der Waals surface area contributed by atoms with Gasteiger partial charge in [0.25, 0.3) is 5.91 Å². The van der Waals surface area contributed by atoms with Crippen LogP contribution in [0.1, 0.15) is 43.5 Å². The van der Waals surface area contributed by atoms with E-state index in [-0.39, 0.29) is 11.9 Å². The molecule has 1 saturated heterocycles. The fourth-order valence-electron chi connectivity index (χ4n) is 3.32. The van der Waals surface area contributed by atoms with Gasteiger partial charge in [-0.3, -0.25) is 4.79 Å². The second-order valence-corrected chi connectivity index (χ2v) is 7.55. The number of carbonyl (C=O) groups excluding carboxylic acids is 2. The number of amides is 2. The Hall–Kier alpha value is -2.02. The summed E-state index contributed by atoms with van der Waals surface area (Å²) in [6, 6.07) is 1.81. The predicted octanol–water partition coefficient (Wildman–Crippen LogP) is 2.33. The zero-order valence-electron chi connectivity index (χ0n) is 14.4. The maximum absolute atomic E-state index is 12.7. The number of nitrogens with zero attached hydrogens (tertiary/aromatic N) is 2. The van der Waals surface area contributed by atoms with Crippen molar-refractivity contribution in [1.29, 1.82) is 0 Å². The number of hydrogen-bond acceptors (Lipinski definition) is 5. The van der Waals surface area contributed by atoms with Crippen molar-refractivity contribution in [2.75, 3.05) is 18.0 Å². The van der Waals surface area contributed by atoms with Crippen molar-refractivity contribution < 1.29 is 14.3 Å². The largest absolute Gasteiger partial charge is 0.441 e. The molecule has 1 aromatic heterocycles. The zero-order valence-corrected chi connectivity index (χ0v) is 15.2. The van der Waals surface area contributed by atoms with E-state index in [1.165, 1.54) is 6.20 Å². The maximum atomic E-state index is 12.7. The van der Waals surface area contributed by atoms with Crippen molar-refractivity contribution in [3.8, 4) is 0 Å². The van der Waals surface area contributed by atoms with Crippen LogP contribution < -0.4 is 16.0 Å². The Kier molecular flexibility index (Phi) is 4.77. The van der Waals surface area contributed by atoms with Gasteiger partial charge in [0.15, 0.2) is 0 Å². The van der Waals surface area contributed by atoms with E-state index < -0.39 is 11.7 Å². The molecular formula is C17H23ClN4O3. The number of primary amides is 1. The highest BCUT2D eigenvalue weighted by atomic mass is 35.5. The van der Waals surface area contributed by atoms with Crippen LogP contribution in [-0.2, 0) is 4.74 Å². The van der Waals surface area contributed by atoms with E-state index in [0.29, 0.717) is 41.8 Å². The average Bonchev–Trinajstić information content (AvgIpc) is 3.30. The lowest BCUT2D eigenvalue weighted by atomic mass is 10.1. The third-order valence-corrected chi connectivity index (χ3v) is 5.11. The summed E-state index contributed by atoms with van der Waals surface area (Å²) in [7, 11) is 0. The van der Waals surface area contributed by atoms with Crippen LogP contribution in [0.25, 0.3) is 0 Å². The summed E-state index contributed by atoms with van der Waals surface area (Å²) in [6.45, 7) is 4.92. The molecule has 1 aromatic rings. The van der Waals surface area contributed by atoms with E-state index in [4.69, 9.17) is 22.1 Å². The fourth-order valence-corrected chi connectivity index (χ4v) is 3.47. The van der Waals surface area contributed by atoms with Crippen molar-refractivity contribution >= 4 is 29.3 Å². The summed E-state index contributed by atoms with van der Waals surface area (Å²) in [6.07, 6.45) is 3.63. The number of anilines is 1. The highest BCUT2D eigenvalue weighted by molar-refractivity contribution is 6.29. The van der Waals surface area contributed by atoms with Gasteiger partial charge in [0.1, 0.15) is 10.8 Å². The molecule has 7 nitrogen and oxygen atoms in total. The first-order valence-corrected chi connectivity index (χ1v) is 8.85. The number of nitrogens with two attached hydrogens (primary N) is 1. The van der Waals surface area contributed by atoms with Gasteiger partial charge >= 0.3 is 6.09 Å². The molecule has 2 fully saturated rings. The van der Waals surface area contributed by atoms with Crippen LogP contribution in [0.15, 0.2) is 12.3 Å². The molecule has 2 heterocycles. The van der Waals surface area contributed by atoms with Crippen LogP contribution in [-0.4, -0.2) is 41.7 Å². The molecule has 3 N–H and O–H groups in total. The molecular weight excluding hydrogens is 344 g/mol. The van der Waals surface area contributed by atoms with Crippen LogP contribution in [0, 0.1) is 5.92 Å². The summed E-state index contributed by atoms with van der Waals surface area (Å²) >= 11 is 6.05. The third-order valence-electron chi connectivity index (χ3n) is 4.90. The second-order valence-electron chi connectivity index (χ2n) is 7.17. The minimum Gasteiger partial charge on any atom is -0.441 e. The molecule has 0 aromatic carbocycles. The number of ether oxygens (including phenoxy) is 1. The molecule has 3 rings (SSSR count). The lowest BCUT2D eigenvalue weighted by molar-refractivity contribution is 0.0480. The molecule has 0 bridgehead atoms. The molecule has 8 heteroatoms. The lowest BCUT2D eigenvalue weighted by Gasteiger charge is -2.26. The Morgan fingerprint density at radius 1 is 1.52 bits per heavy atom. The molecule has 2 amide bonds. The lowest BCUT2D eigenvalue weighted by Crippen LogP contribution is -2.38. The van der Waals surface area contributed by atoms with E-state index >= 15 is 0 Å². The van der Waals surface area contributed by atoms with Crippen LogP contribution in [0.5, 0.6) is 0 Å². The summed E-state index contributed by atoms with van der Waals surface area (Å²) in [5.41, 5.74) is 5.64. The van der Waals surface area contributed by atoms with E-state index in [1.54, 1.807) is 6.07 Å².